The molecule has 8 nitrogen and oxygen atoms in total. The summed E-state index contributed by atoms with van der Waals surface area (Å²) >= 11 is 6.30. The molecule has 4 aromatic rings. The molecule has 2 heterocycles. The summed E-state index contributed by atoms with van der Waals surface area (Å²) < 4.78 is 23.0. The molecule has 1 N–H and O–H groups in total. The smallest absolute Gasteiger partial charge is 0.161 e. The lowest BCUT2D eigenvalue weighted by Gasteiger charge is -2.26. The number of nitrogens with zero attached hydrogens (tertiary/aromatic N) is 3. The van der Waals surface area contributed by atoms with Gasteiger partial charge in [-0.05, 0) is 60.5 Å². The second kappa shape index (κ2) is 12.0. The Bertz CT molecular complexity index is 1550. The average Bonchev–Trinajstić information content (AvgIpc) is 2.94. The number of anilines is 2. The summed E-state index contributed by atoms with van der Waals surface area (Å²) in [5, 5.41) is 16.6. The Hall–Kier alpha value is -3.77. The fourth-order valence-electron chi connectivity index (χ4n) is 4.74. The van der Waals surface area contributed by atoms with Gasteiger partial charge in [0.15, 0.2) is 11.5 Å². The van der Waals surface area contributed by atoms with Crippen LogP contribution in [0.3, 0.4) is 0 Å². The summed E-state index contributed by atoms with van der Waals surface area (Å²) in [6.45, 7) is 9.16. The number of morpholine rings is 1. The van der Waals surface area contributed by atoms with Gasteiger partial charge in [0.2, 0.25) is 0 Å². The lowest BCUT2D eigenvalue weighted by atomic mass is 10.0. The predicted molar refractivity (Wildman–Crippen MR) is 154 cm³/mol. The van der Waals surface area contributed by atoms with Crippen LogP contribution in [0.1, 0.15) is 18.1 Å². The van der Waals surface area contributed by atoms with Crippen LogP contribution in [-0.2, 0) is 4.74 Å². The van der Waals surface area contributed by atoms with E-state index in [0.717, 1.165) is 65.8 Å². The van der Waals surface area contributed by atoms with Crippen molar-refractivity contribution in [3.63, 3.8) is 0 Å². The maximum Gasteiger partial charge on any atom is 0.161 e. The molecule has 1 aliphatic rings. The summed E-state index contributed by atoms with van der Waals surface area (Å²) in [4.78, 5) is 6.92. The first kappa shape index (κ1) is 26.8. The van der Waals surface area contributed by atoms with Crippen molar-refractivity contribution < 1.29 is 18.9 Å². The molecule has 3 aromatic carbocycles. The Balaban J connectivity index is 1.53. The van der Waals surface area contributed by atoms with E-state index < -0.39 is 0 Å². The van der Waals surface area contributed by atoms with E-state index >= 15 is 0 Å². The molecule has 1 aromatic heterocycles. The van der Waals surface area contributed by atoms with E-state index in [9.17, 15) is 5.26 Å². The standard InChI is InChI=1S/C30H31ClN4O4/c1-4-38-28-14-20-12-23-26(13-21(20)15-29(28)39-10-7-35-5-8-37-9-6-35)33-18-22(17-32)30(23)34-25-16-27(36-3)24(31)11-19(25)2/h11-16,18H,4-10H2,1-3H3,(H,33,34). The molecule has 202 valence electrons. The highest BCUT2D eigenvalue weighted by Crippen LogP contribution is 2.39. The molecule has 0 unspecified atom stereocenters. The first-order valence-corrected chi connectivity index (χ1v) is 13.4. The first-order chi connectivity index (χ1) is 19.0. The minimum absolute atomic E-state index is 0.434. The van der Waals surface area contributed by atoms with Crippen molar-refractivity contribution in [3.05, 3.63) is 58.7 Å². The molecule has 9 heteroatoms. The summed E-state index contributed by atoms with van der Waals surface area (Å²) in [6.07, 6.45) is 1.59. The second-order valence-corrected chi connectivity index (χ2v) is 9.74. The highest BCUT2D eigenvalue weighted by molar-refractivity contribution is 6.32. The van der Waals surface area contributed by atoms with Gasteiger partial charge in [-0.15, -0.1) is 0 Å². The van der Waals surface area contributed by atoms with Crippen molar-refractivity contribution in [2.45, 2.75) is 13.8 Å². The van der Waals surface area contributed by atoms with Gasteiger partial charge in [-0.2, -0.15) is 5.26 Å². The Kier molecular flexibility index (Phi) is 8.22. The molecule has 0 atom stereocenters. The number of pyridine rings is 1. The SMILES string of the molecule is CCOc1cc2cc3c(Nc4cc(OC)c(Cl)cc4C)c(C#N)cnc3cc2cc1OCCN1CCOCC1. The Morgan fingerprint density at radius 1 is 1.05 bits per heavy atom. The number of rotatable bonds is 9. The number of nitriles is 1. The van der Waals surface area contributed by atoms with Gasteiger partial charge >= 0.3 is 0 Å². The van der Waals surface area contributed by atoms with Crippen molar-refractivity contribution in [2.24, 2.45) is 0 Å². The predicted octanol–water partition coefficient (Wildman–Crippen LogP) is 6.08. The number of hydrogen-bond acceptors (Lipinski definition) is 8. The van der Waals surface area contributed by atoms with E-state index in [0.29, 0.717) is 46.7 Å². The molecule has 0 radical (unpaired) electrons. The van der Waals surface area contributed by atoms with Gasteiger partial charge in [0.25, 0.3) is 0 Å². The van der Waals surface area contributed by atoms with Gasteiger partial charge in [0, 0.05) is 43.0 Å². The van der Waals surface area contributed by atoms with Crippen LogP contribution < -0.4 is 19.5 Å². The molecule has 0 saturated carbocycles. The van der Waals surface area contributed by atoms with E-state index in [1.54, 1.807) is 13.3 Å². The molecular formula is C30H31ClN4O4. The molecule has 0 aliphatic carbocycles. The van der Waals surface area contributed by atoms with E-state index in [2.05, 4.69) is 21.3 Å². The molecule has 1 saturated heterocycles. The third-order valence-corrected chi connectivity index (χ3v) is 7.13. The zero-order valence-electron chi connectivity index (χ0n) is 22.3. The largest absolute Gasteiger partial charge is 0.495 e. The number of fused-ring (bicyclic) bond motifs is 2. The van der Waals surface area contributed by atoms with Gasteiger partial charge in [-0.25, -0.2) is 0 Å². The summed E-state index contributed by atoms with van der Waals surface area (Å²) in [7, 11) is 1.57. The van der Waals surface area contributed by atoms with Crippen LogP contribution in [-0.4, -0.2) is 63.1 Å². The Morgan fingerprint density at radius 2 is 1.79 bits per heavy atom. The third kappa shape index (κ3) is 5.81. The highest BCUT2D eigenvalue weighted by Gasteiger charge is 2.16. The monoisotopic (exact) mass is 546 g/mol. The van der Waals surface area contributed by atoms with Crippen LogP contribution in [0.4, 0.5) is 11.4 Å². The van der Waals surface area contributed by atoms with Crippen molar-refractivity contribution >= 4 is 44.7 Å². The number of halogens is 1. The Labute approximate surface area is 233 Å². The molecule has 0 spiro atoms. The normalized spacial score (nSPS) is 13.8. The number of aryl methyl sites for hydroxylation is 1. The van der Waals surface area contributed by atoms with Gasteiger partial charge in [0.1, 0.15) is 18.4 Å². The van der Waals surface area contributed by atoms with Crippen LogP contribution in [0.2, 0.25) is 5.02 Å². The summed E-state index contributed by atoms with van der Waals surface area (Å²) in [5.74, 6) is 1.94. The molecule has 5 rings (SSSR count). The molecule has 1 fully saturated rings. The van der Waals surface area contributed by atoms with Crippen molar-refractivity contribution in [1.82, 2.24) is 9.88 Å². The van der Waals surface area contributed by atoms with E-state index in [1.165, 1.54) is 0 Å². The lowest BCUT2D eigenvalue weighted by molar-refractivity contribution is 0.0321. The minimum Gasteiger partial charge on any atom is -0.495 e. The average molecular weight is 547 g/mol. The molecular weight excluding hydrogens is 516 g/mol. The van der Waals surface area contributed by atoms with Crippen molar-refractivity contribution in [3.8, 4) is 23.3 Å². The topological polar surface area (TPSA) is 88.9 Å². The molecule has 39 heavy (non-hydrogen) atoms. The number of ether oxygens (including phenoxy) is 4. The number of methoxy groups -OCH3 is 1. The maximum atomic E-state index is 9.89. The highest BCUT2D eigenvalue weighted by atomic mass is 35.5. The molecule has 0 bridgehead atoms. The van der Waals surface area contributed by atoms with Gasteiger partial charge < -0.3 is 24.3 Å². The number of nitrogens with one attached hydrogen (secondary N) is 1. The number of aromatic nitrogens is 1. The van der Waals surface area contributed by atoms with E-state index in [1.807, 2.05) is 50.2 Å². The zero-order valence-corrected chi connectivity index (χ0v) is 23.1. The summed E-state index contributed by atoms with van der Waals surface area (Å²) in [6, 6.07) is 14.0. The first-order valence-electron chi connectivity index (χ1n) is 13.0. The van der Waals surface area contributed by atoms with Gasteiger partial charge in [0.05, 0.1) is 48.7 Å². The van der Waals surface area contributed by atoms with Crippen LogP contribution in [0.25, 0.3) is 21.7 Å². The van der Waals surface area contributed by atoms with Gasteiger partial charge in [-0.3, -0.25) is 9.88 Å². The summed E-state index contributed by atoms with van der Waals surface area (Å²) in [5.41, 5.74) is 3.57. The third-order valence-electron chi connectivity index (χ3n) is 6.84. The van der Waals surface area contributed by atoms with Gasteiger partial charge in [-0.1, -0.05) is 11.6 Å². The van der Waals surface area contributed by atoms with E-state index in [4.69, 9.17) is 30.5 Å². The quantitative estimate of drug-likeness (QED) is 0.252. The fraction of sp³-hybridized carbons (Fsp3) is 0.333. The zero-order chi connectivity index (χ0) is 27.4. The van der Waals surface area contributed by atoms with Crippen molar-refractivity contribution in [1.29, 1.82) is 5.26 Å². The number of hydrogen-bond donors (Lipinski definition) is 1. The second-order valence-electron chi connectivity index (χ2n) is 9.34. The van der Waals surface area contributed by atoms with Crippen LogP contribution in [0, 0.1) is 18.3 Å². The molecule has 1 aliphatic heterocycles. The van der Waals surface area contributed by atoms with Crippen LogP contribution in [0.5, 0.6) is 17.2 Å². The number of benzene rings is 3. The maximum absolute atomic E-state index is 9.89. The minimum atomic E-state index is 0.434. The lowest BCUT2D eigenvalue weighted by Crippen LogP contribution is -2.38. The fourth-order valence-corrected chi connectivity index (χ4v) is 5.03. The molecule has 0 amide bonds. The van der Waals surface area contributed by atoms with Crippen LogP contribution in [0.15, 0.2) is 42.6 Å². The van der Waals surface area contributed by atoms with Crippen LogP contribution >= 0.6 is 11.6 Å². The van der Waals surface area contributed by atoms with Crippen molar-refractivity contribution in [2.75, 3.05) is 58.5 Å². The van der Waals surface area contributed by atoms with E-state index in [-0.39, 0.29) is 0 Å². The Morgan fingerprint density at radius 3 is 2.51 bits per heavy atom.